The van der Waals surface area contributed by atoms with E-state index in [1.165, 1.54) is 12.1 Å². The summed E-state index contributed by atoms with van der Waals surface area (Å²) >= 11 is 3.00. The summed E-state index contributed by atoms with van der Waals surface area (Å²) in [5, 5.41) is 10.7. The molecule has 0 bridgehead atoms. The van der Waals surface area contributed by atoms with Gasteiger partial charge in [-0.1, -0.05) is 0 Å². The molecule has 92 valence electrons. The van der Waals surface area contributed by atoms with Crippen molar-refractivity contribution in [2.24, 2.45) is 0 Å². The maximum absolute atomic E-state index is 11.8. The van der Waals surface area contributed by atoms with E-state index in [1.807, 2.05) is 0 Å². The molecule has 0 atom stereocenters. The molecule has 0 saturated heterocycles. The molecule has 17 heavy (non-hydrogen) atoms. The van der Waals surface area contributed by atoms with E-state index in [1.54, 1.807) is 0 Å². The van der Waals surface area contributed by atoms with Crippen molar-refractivity contribution in [3.8, 4) is 0 Å². The lowest BCUT2D eigenvalue weighted by Crippen LogP contribution is -2.25. The van der Waals surface area contributed by atoms with Gasteiger partial charge in [-0.2, -0.15) is 0 Å². The Labute approximate surface area is 106 Å². The van der Waals surface area contributed by atoms with Crippen molar-refractivity contribution in [1.82, 2.24) is 4.72 Å². The average Bonchev–Trinajstić information content (AvgIpc) is 3.00. The van der Waals surface area contributed by atoms with E-state index in [-0.39, 0.29) is 21.1 Å². The maximum Gasteiger partial charge on any atom is 0.284 e. The molecule has 0 spiro atoms. The third kappa shape index (κ3) is 2.82. The summed E-state index contributed by atoms with van der Waals surface area (Å²) < 4.78 is 26.4. The molecule has 1 aliphatic carbocycles. The van der Waals surface area contributed by atoms with Crippen molar-refractivity contribution in [3.63, 3.8) is 0 Å². The summed E-state index contributed by atoms with van der Waals surface area (Å²) in [6.45, 7) is 0. The van der Waals surface area contributed by atoms with Gasteiger partial charge in [0.1, 0.15) is 0 Å². The van der Waals surface area contributed by atoms with E-state index in [9.17, 15) is 18.5 Å². The van der Waals surface area contributed by atoms with Gasteiger partial charge in [0.25, 0.3) is 5.69 Å². The minimum Gasteiger partial charge on any atom is -0.258 e. The SMILES string of the molecule is O=[N+]([O-])c1cc(S(=O)(=O)NC2CC2)ccc1Br. The van der Waals surface area contributed by atoms with Crippen LogP contribution in [0.25, 0.3) is 0 Å². The Bertz CT molecular complexity index is 568. The van der Waals surface area contributed by atoms with Crippen LogP contribution in [0.1, 0.15) is 12.8 Å². The second-order valence-corrected chi connectivity index (χ2v) is 6.33. The molecule has 1 aliphatic rings. The fraction of sp³-hybridized carbons (Fsp3) is 0.333. The minimum atomic E-state index is -3.65. The van der Waals surface area contributed by atoms with Gasteiger partial charge < -0.3 is 0 Å². The molecule has 1 aromatic rings. The van der Waals surface area contributed by atoms with Gasteiger partial charge in [0.2, 0.25) is 10.0 Å². The zero-order chi connectivity index (χ0) is 12.6. The first-order valence-corrected chi connectivity index (χ1v) is 7.14. The standard InChI is InChI=1S/C9H9BrN2O4S/c10-8-4-3-7(5-9(8)12(13)14)17(15,16)11-6-1-2-6/h3-6,11H,1-2H2. The summed E-state index contributed by atoms with van der Waals surface area (Å²) in [5.74, 6) is 0. The predicted molar refractivity (Wildman–Crippen MR) is 64.1 cm³/mol. The van der Waals surface area contributed by atoms with Gasteiger partial charge in [-0.05, 0) is 40.9 Å². The van der Waals surface area contributed by atoms with Gasteiger partial charge in [-0.3, -0.25) is 10.1 Å². The number of hydrogen-bond acceptors (Lipinski definition) is 4. The fourth-order valence-electron chi connectivity index (χ4n) is 1.29. The maximum atomic E-state index is 11.8. The summed E-state index contributed by atoms with van der Waals surface area (Å²) in [4.78, 5) is 9.99. The lowest BCUT2D eigenvalue weighted by molar-refractivity contribution is -0.385. The van der Waals surface area contributed by atoms with E-state index in [4.69, 9.17) is 0 Å². The molecule has 0 aliphatic heterocycles. The Kier molecular flexibility index (Phi) is 3.19. The van der Waals surface area contributed by atoms with Gasteiger partial charge in [0.05, 0.1) is 14.3 Å². The van der Waals surface area contributed by atoms with Crippen molar-refractivity contribution >= 4 is 31.6 Å². The van der Waals surface area contributed by atoms with Gasteiger partial charge >= 0.3 is 0 Å². The van der Waals surface area contributed by atoms with Crippen molar-refractivity contribution in [2.45, 2.75) is 23.8 Å². The lowest BCUT2D eigenvalue weighted by Gasteiger charge is -2.05. The van der Waals surface area contributed by atoms with E-state index in [0.29, 0.717) is 0 Å². The molecule has 1 fully saturated rings. The smallest absolute Gasteiger partial charge is 0.258 e. The van der Waals surface area contributed by atoms with E-state index in [2.05, 4.69) is 20.7 Å². The lowest BCUT2D eigenvalue weighted by atomic mass is 10.3. The third-order valence-electron chi connectivity index (χ3n) is 2.32. The number of hydrogen-bond donors (Lipinski definition) is 1. The van der Waals surface area contributed by atoms with E-state index < -0.39 is 14.9 Å². The predicted octanol–water partition coefficient (Wildman–Crippen LogP) is 1.80. The molecular formula is C9H9BrN2O4S. The number of rotatable bonds is 4. The second-order valence-electron chi connectivity index (χ2n) is 3.77. The molecule has 0 heterocycles. The highest BCUT2D eigenvalue weighted by Gasteiger charge is 2.29. The van der Waals surface area contributed by atoms with Crippen LogP contribution in [0.3, 0.4) is 0 Å². The largest absolute Gasteiger partial charge is 0.284 e. The van der Waals surface area contributed by atoms with Crippen molar-refractivity contribution in [2.75, 3.05) is 0 Å². The molecule has 2 rings (SSSR count). The van der Waals surface area contributed by atoms with Crippen LogP contribution < -0.4 is 4.72 Å². The molecule has 0 amide bonds. The number of sulfonamides is 1. The molecule has 1 aromatic carbocycles. The Morgan fingerprint density at radius 3 is 2.59 bits per heavy atom. The van der Waals surface area contributed by atoms with Crippen LogP contribution in [0.15, 0.2) is 27.6 Å². The van der Waals surface area contributed by atoms with Gasteiger partial charge in [-0.15, -0.1) is 0 Å². The van der Waals surface area contributed by atoms with Crippen molar-refractivity contribution < 1.29 is 13.3 Å². The molecule has 0 unspecified atom stereocenters. The minimum absolute atomic E-state index is 0.0253. The topological polar surface area (TPSA) is 89.3 Å². The van der Waals surface area contributed by atoms with Gasteiger partial charge in [0, 0.05) is 12.1 Å². The molecule has 6 nitrogen and oxygen atoms in total. The zero-order valence-corrected chi connectivity index (χ0v) is 11.0. The average molecular weight is 321 g/mol. The normalized spacial score (nSPS) is 15.8. The Hall–Kier alpha value is -0.990. The highest BCUT2D eigenvalue weighted by atomic mass is 79.9. The summed E-state index contributed by atoms with van der Waals surface area (Å²) in [7, 11) is -3.65. The first-order valence-electron chi connectivity index (χ1n) is 4.86. The van der Waals surface area contributed by atoms with Crippen LogP contribution in [-0.4, -0.2) is 19.4 Å². The molecular weight excluding hydrogens is 312 g/mol. The van der Waals surface area contributed by atoms with E-state index in [0.717, 1.165) is 18.9 Å². The van der Waals surface area contributed by atoms with Crippen LogP contribution in [0, 0.1) is 10.1 Å². The van der Waals surface area contributed by atoms with Crippen molar-refractivity contribution in [3.05, 3.63) is 32.8 Å². The Morgan fingerprint density at radius 1 is 1.41 bits per heavy atom. The Balaban J connectivity index is 2.38. The first kappa shape index (κ1) is 12.5. The molecule has 0 radical (unpaired) electrons. The molecule has 8 heteroatoms. The number of benzene rings is 1. The number of nitrogens with one attached hydrogen (secondary N) is 1. The summed E-state index contributed by atoms with van der Waals surface area (Å²) in [6.07, 6.45) is 1.63. The molecule has 1 saturated carbocycles. The number of nitro benzene ring substituents is 1. The molecule has 1 N–H and O–H groups in total. The Morgan fingerprint density at radius 2 is 2.06 bits per heavy atom. The highest BCUT2D eigenvalue weighted by Crippen LogP contribution is 2.28. The van der Waals surface area contributed by atoms with Crippen molar-refractivity contribution in [1.29, 1.82) is 0 Å². The number of nitro groups is 1. The number of nitrogens with zero attached hydrogens (tertiary/aromatic N) is 1. The number of halogens is 1. The first-order chi connectivity index (χ1) is 7.90. The van der Waals surface area contributed by atoms with Gasteiger partial charge in [0.15, 0.2) is 0 Å². The fourth-order valence-corrected chi connectivity index (χ4v) is 3.00. The van der Waals surface area contributed by atoms with Crippen LogP contribution in [0.4, 0.5) is 5.69 Å². The monoisotopic (exact) mass is 320 g/mol. The van der Waals surface area contributed by atoms with Gasteiger partial charge in [-0.25, -0.2) is 13.1 Å². The van der Waals surface area contributed by atoms with Crippen LogP contribution in [0.2, 0.25) is 0 Å². The highest BCUT2D eigenvalue weighted by molar-refractivity contribution is 9.10. The van der Waals surface area contributed by atoms with E-state index >= 15 is 0 Å². The summed E-state index contributed by atoms with van der Waals surface area (Å²) in [6, 6.07) is 3.72. The zero-order valence-electron chi connectivity index (χ0n) is 8.59. The van der Waals surface area contributed by atoms with Crippen LogP contribution >= 0.6 is 15.9 Å². The van der Waals surface area contributed by atoms with Crippen LogP contribution in [-0.2, 0) is 10.0 Å². The summed E-state index contributed by atoms with van der Waals surface area (Å²) in [5.41, 5.74) is -0.260. The second kappa shape index (κ2) is 4.35. The van der Waals surface area contributed by atoms with Crippen LogP contribution in [0.5, 0.6) is 0 Å². The quantitative estimate of drug-likeness (QED) is 0.676. The third-order valence-corrected chi connectivity index (χ3v) is 4.51. The molecule has 0 aromatic heterocycles.